The minimum absolute atomic E-state index is 0.0782. The SMILES string of the molecule is CCCNS(=O)(=O)c1cc([N+](=O)[O-])ccc1Oc1c(C)c(C(=O)NCc2ccco2)nn1C. The molecule has 33 heavy (non-hydrogen) atoms. The Morgan fingerprint density at radius 2 is 2.09 bits per heavy atom. The number of hydrogen-bond acceptors (Lipinski definition) is 8. The van der Waals surface area contributed by atoms with Crippen LogP contribution in [0.4, 0.5) is 5.69 Å². The van der Waals surface area contributed by atoms with E-state index in [0.29, 0.717) is 17.7 Å². The van der Waals surface area contributed by atoms with Crippen molar-refractivity contribution < 1.29 is 27.3 Å². The number of ether oxygens (including phenoxy) is 1. The van der Waals surface area contributed by atoms with Crippen molar-refractivity contribution in [3.63, 3.8) is 0 Å². The van der Waals surface area contributed by atoms with Gasteiger partial charge in [-0.15, -0.1) is 0 Å². The lowest BCUT2D eigenvalue weighted by atomic mass is 10.2. The van der Waals surface area contributed by atoms with Crippen LogP contribution in [-0.4, -0.2) is 35.6 Å². The van der Waals surface area contributed by atoms with E-state index in [1.54, 1.807) is 26.0 Å². The van der Waals surface area contributed by atoms with Crippen LogP contribution < -0.4 is 14.8 Å². The van der Waals surface area contributed by atoms with Crippen molar-refractivity contribution in [3.8, 4) is 11.6 Å². The van der Waals surface area contributed by atoms with Crippen molar-refractivity contribution in [2.75, 3.05) is 6.54 Å². The van der Waals surface area contributed by atoms with Gasteiger partial charge in [0.05, 0.1) is 17.7 Å². The van der Waals surface area contributed by atoms with Gasteiger partial charge in [0, 0.05) is 31.3 Å². The molecule has 2 heterocycles. The zero-order valence-electron chi connectivity index (χ0n) is 18.2. The number of rotatable bonds is 10. The summed E-state index contributed by atoms with van der Waals surface area (Å²) in [5.41, 5.74) is 0.0334. The van der Waals surface area contributed by atoms with Crippen LogP contribution in [0.2, 0.25) is 0 Å². The van der Waals surface area contributed by atoms with Gasteiger partial charge in [-0.05, 0) is 31.5 Å². The van der Waals surface area contributed by atoms with Crippen LogP contribution in [-0.2, 0) is 23.6 Å². The first-order valence-electron chi connectivity index (χ1n) is 9.94. The van der Waals surface area contributed by atoms with E-state index in [-0.39, 0.29) is 30.4 Å². The molecule has 0 atom stereocenters. The highest BCUT2D eigenvalue weighted by Gasteiger charge is 2.26. The van der Waals surface area contributed by atoms with Gasteiger partial charge in [-0.2, -0.15) is 5.10 Å². The first-order chi connectivity index (χ1) is 15.6. The van der Waals surface area contributed by atoms with Gasteiger partial charge in [-0.1, -0.05) is 6.92 Å². The van der Waals surface area contributed by atoms with E-state index in [0.717, 1.165) is 12.1 Å². The van der Waals surface area contributed by atoms with Gasteiger partial charge < -0.3 is 14.5 Å². The van der Waals surface area contributed by atoms with Crippen LogP contribution in [0, 0.1) is 17.0 Å². The van der Waals surface area contributed by atoms with Crippen LogP contribution in [0.3, 0.4) is 0 Å². The van der Waals surface area contributed by atoms with E-state index in [4.69, 9.17) is 9.15 Å². The quantitative estimate of drug-likeness (QED) is 0.333. The van der Waals surface area contributed by atoms with Gasteiger partial charge in [-0.25, -0.2) is 17.8 Å². The predicted molar refractivity (Wildman–Crippen MR) is 116 cm³/mol. The molecule has 2 aromatic heterocycles. The Labute approximate surface area is 189 Å². The number of furan rings is 1. The summed E-state index contributed by atoms with van der Waals surface area (Å²) in [6, 6.07) is 6.67. The number of nitrogens with one attached hydrogen (secondary N) is 2. The molecule has 0 aliphatic carbocycles. The fourth-order valence-corrected chi connectivity index (χ4v) is 4.24. The number of benzene rings is 1. The summed E-state index contributed by atoms with van der Waals surface area (Å²) in [6.07, 6.45) is 2.02. The van der Waals surface area contributed by atoms with E-state index >= 15 is 0 Å². The smallest absolute Gasteiger partial charge is 0.272 e. The van der Waals surface area contributed by atoms with Crippen molar-refractivity contribution in [2.45, 2.75) is 31.7 Å². The molecule has 0 saturated heterocycles. The lowest BCUT2D eigenvalue weighted by Gasteiger charge is -2.13. The topological polar surface area (TPSA) is 159 Å². The molecule has 0 aliphatic rings. The Balaban J connectivity index is 1.93. The van der Waals surface area contributed by atoms with Gasteiger partial charge in [0.2, 0.25) is 15.9 Å². The zero-order valence-corrected chi connectivity index (χ0v) is 19.0. The maximum Gasteiger partial charge on any atom is 0.272 e. The number of nitrogens with zero attached hydrogens (tertiary/aromatic N) is 3. The van der Waals surface area contributed by atoms with Crippen molar-refractivity contribution in [3.05, 3.63) is 63.7 Å². The Kier molecular flexibility index (Phi) is 7.13. The van der Waals surface area contributed by atoms with Gasteiger partial charge in [0.1, 0.15) is 16.4 Å². The first kappa shape index (κ1) is 23.9. The third-order valence-electron chi connectivity index (χ3n) is 4.61. The Bertz CT molecular complexity index is 1270. The molecule has 12 nitrogen and oxygen atoms in total. The molecule has 176 valence electrons. The normalized spacial score (nSPS) is 11.4. The number of carbonyl (C=O) groups is 1. The Morgan fingerprint density at radius 3 is 2.73 bits per heavy atom. The van der Waals surface area contributed by atoms with Crippen molar-refractivity contribution in [1.82, 2.24) is 19.8 Å². The van der Waals surface area contributed by atoms with Crippen LogP contribution in [0.15, 0.2) is 45.9 Å². The molecule has 3 rings (SSSR count). The minimum atomic E-state index is -4.10. The fourth-order valence-electron chi connectivity index (χ4n) is 2.96. The summed E-state index contributed by atoms with van der Waals surface area (Å²) in [4.78, 5) is 22.7. The van der Waals surface area contributed by atoms with Crippen LogP contribution in [0.5, 0.6) is 11.6 Å². The number of aromatic nitrogens is 2. The van der Waals surface area contributed by atoms with E-state index in [2.05, 4.69) is 15.1 Å². The largest absolute Gasteiger partial charge is 0.467 e. The third kappa shape index (κ3) is 5.38. The van der Waals surface area contributed by atoms with E-state index in [1.807, 2.05) is 0 Å². The molecular weight excluding hydrogens is 454 g/mol. The number of nitro groups is 1. The second-order valence-electron chi connectivity index (χ2n) is 7.05. The molecule has 1 aromatic carbocycles. The number of non-ortho nitro benzene ring substituents is 1. The van der Waals surface area contributed by atoms with Gasteiger partial charge in [0.15, 0.2) is 5.69 Å². The molecule has 1 amide bonds. The monoisotopic (exact) mass is 477 g/mol. The molecule has 0 saturated carbocycles. The molecule has 0 bridgehead atoms. The lowest BCUT2D eigenvalue weighted by molar-refractivity contribution is -0.385. The second kappa shape index (κ2) is 9.83. The maximum absolute atomic E-state index is 12.7. The summed E-state index contributed by atoms with van der Waals surface area (Å²) in [5, 5.41) is 18.0. The summed E-state index contributed by atoms with van der Waals surface area (Å²) in [7, 11) is -2.57. The molecule has 0 unspecified atom stereocenters. The molecule has 3 aromatic rings. The Morgan fingerprint density at radius 1 is 1.33 bits per heavy atom. The van der Waals surface area contributed by atoms with Gasteiger partial charge in [-0.3, -0.25) is 14.9 Å². The van der Waals surface area contributed by atoms with Crippen molar-refractivity contribution in [2.24, 2.45) is 7.05 Å². The summed E-state index contributed by atoms with van der Waals surface area (Å²) in [6.45, 7) is 3.69. The zero-order chi connectivity index (χ0) is 24.2. The molecule has 2 N–H and O–H groups in total. The number of carbonyl (C=O) groups excluding carboxylic acids is 1. The van der Waals surface area contributed by atoms with Crippen molar-refractivity contribution >= 4 is 21.6 Å². The van der Waals surface area contributed by atoms with E-state index < -0.39 is 31.4 Å². The molecule has 0 fully saturated rings. The summed E-state index contributed by atoms with van der Waals surface area (Å²) >= 11 is 0. The molecule has 13 heteroatoms. The number of aryl methyl sites for hydroxylation is 1. The number of nitro benzene ring substituents is 1. The van der Waals surface area contributed by atoms with Gasteiger partial charge in [0.25, 0.3) is 11.6 Å². The third-order valence-corrected chi connectivity index (χ3v) is 6.10. The van der Waals surface area contributed by atoms with E-state index in [1.165, 1.54) is 24.1 Å². The van der Waals surface area contributed by atoms with Crippen LogP contribution in [0.1, 0.15) is 35.2 Å². The molecule has 0 aliphatic heterocycles. The number of hydrogen-bond donors (Lipinski definition) is 2. The highest BCUT2D eigenvalue weighted by atomic mass is 32.2. The van der Waals surface area contributed by atoms with Crippen LogP contribution >= 0.6 is 0 Å². The summed E-state index contributed by atoms with van der Waals surface area (Å²) in [5.74, 6) is 0.0565. The molecule has 0 radical (unpaired) electrons. The highest BCUT2D eigenvalue weighted by Crippen LogP contribution is 2.34. The lowest BCUT2D eigenvalue weighted by Crippen LogP contribution is -2.25. The standard InChI is InChI=1S/C20H23N5O7S/c1-4-9-22-33(29,30)17-11-14(25(27)28)7-8-16(17)32-20-13(2)18(23-24(20)3)19(26)21-12-15-6-5-10-31-15/h5-8,10-11,22H,4,9,12H2,1-3H3,(H,21,26). The average molecular weight is 477 g/mol. The fraction of sp³-hybridized carbons (Fsp3) is 0.300. The number of amides is 1. The first-order valence-corrected chi connectivity index (χ1v) is 11.4. The minimum Gasteiger partial charge on any atom is -0.467 e. The average Bonchev–Trinajstić information content (AvgIpc) is 3.40. The maximum atomic E-state index is 12.7. The predicted octanol–water partition coefficient (Wildman–Crippen LogP) is 2.64. The summed E-state index contributed by atoms with van der Waals surface area (Å²) < 4.78 is 40.2. The Hall–Kier alpha value is -3.71. The number of sulfonamides is 1. The van der Waals surface area contributed by atoms with Crippen molar-refractivity contribution in [1.29, 1.82) is 0 Å². The highest BCUT2D eigenvalue weighted by molar-refractivity contribution is 7.89. The second-order valence-corrected chi connectivity index (χ2v) is 8.79. The molecule has 0 spiro atoms. The van der Waals surface area contributed by atoms with Crippen LogP contribution in [0.25, 0.3) is 0 Å². The van der Waals surface area contributed by atoms with E-state index in [9.17, 15) is 23.3 Å². The van der Waals surface area contributed by atoms with Gasteiger partial charge >= 0.3 is 0 Å². The molecular formula is C20H23N5O7S.